The third-order valence-corrected chi connectivity index (χ3v) is 2.87. The van der Waals surface area contributed by atoms with Crippen LogP contribution in [0.3, 0.4) is 0 Å². The zero-order valence-electron chi connectivity index (χ0n) is 11.5. The fourth-order valence-electron chi connectivity index (χ4n) is 1.95. The Kier molecular flexibility index (Phi) is 3.63. The molecule has 0 aliphatic carbocycles. The minimum atomic E-state index is -0.405. The summed E-state index contributed by atoms with van der Waals surface area (Å²) in [5.41, 5.74) is 0.608. The molecule has 0 unspecified atom stereocenters. The molecule has 1 aliphatic rings. The highest BCUT2D eigenvalue weighted by Crippen LogP contribution is 2.32. The van der Waals surface area contributed by atoms with Crippen LogP contribution >= 0.6 is 0 Å². The first-order chi connectivity index (χ1) is 10.2. The van der Waals surface area contributed by atoms with E-state index in [-0.39, 0.29) is 0 Å². The Morgan fingerprint density at radius 1 is 1.14 bits per heavy atom. The van der Waals surface area contributed by atoms with Crippen molar-refractivity contribution >= 4 is 17.5 Å². The van der Waals surface area contributed by atoms with Crippen molar-refractivity contribution in [3.05, 3.63) is 30.0 Å². The quantitative estimate of drug-likeness (QED) is 0.887. The summed E-state index contributed by atoms with van der Waals surface area (Å²) in [6.07, 6.45) is 0.837. The van der Waals surface area contributed by atoms with Crippen LogP contribution in [-0.4, -0.2) is 24.4 Å². The monoisotopic (exact) mass is 289 g/mol. The molecule has 2 aromatic rings. The molecule has 0 saturated carbocycles. The number of hydrogen-bond acceptors (Lipinski definition) is 5. The van der Waals surface area contributed by atoms with E-state index in [1.165, 1.54) is 0 Å². The Balaban J connectivity index is 1.67. The molecular formula is C14H15N3O4. The van der Waals surface area contributed by atoms with Gasteiger partial charge in [-0.05, 0) is 19.1 Å². The van der Waals surface area contributed by atoms with Crippen molar-refractivity contribution in [3.8, 4) is 11.5 Å². The van der Waals surface area contributed by atoms with Crippen LogP contribution in [0.2, 0.25) is 0 Å². The Labute approximate surface area is 121 Å². The van der Waals surface area contributed by atoms with Gasteiger partial charge in [-0.25, -0.2) is 4.79 Å². The molecule has 2 N–H and O–H groups in total. The Hall–Kier alpha value is -2.70. The number of benzene rings is 1. The number of anilines is 2. The number of amides is 2. The normalized spacial score (nSPS) is 13.4. The summed E-state index contributed by atoms with van der Waals surface area (Å²) in [6, 6.07) is 6.48. The van der Waals surface area contributed by atoms with Gasteiger partial charge in [0.25, 0.3) is 0 Å². The lowest BCUT2D eigenvalue weighted by atomic mass is 10.3. The zero-order chi connectivity index (χ0) is 14.7. The van der Waals surface area contributed by atoms with Gasteiger partial charge in [0.1, 0.15) is 5.76 Å². The number of ether oxygens (including phenoxy) is 2. The smallest absolute Gasteiger partial charge is 0.324 e. The molecule has 0 saturated heterocycles. The van der Waals surface area contributed by atoms with E-state index in [2.05, 4.69) is 15.8 Å². The number of hydrogen-bond donors (Lipinski definition) is 2. The first-order valence-corrected chi connectivity index (χ1v) is 6.62. The lowest BCUT2D eigenvalue weighted by Crippen LogP contribution is -2.19. The number of aryl methyl sites for hydroxylation is 1. The molecule has 2 amide bonds. The summed E-state index contributed by atoms with van der Waals surface area (Å²) in [6.45, 7) is 2.98. The van der Waals surface area contributed by atoms with E-state index >= 15 is 0 Å². The van der Waals surface area contributed by atoms with Crippen LogP contribution in [0.25, 0.3) is 0 Å². The summed E-state index contributed by atoms with van der Waals surface area (Å²) in [5.74, 6) is 2.30. The van der Waals surface area contributed by atoms with Crippen LogP contribution in [0.5, 0.6) is 11.5 Å². The van der Waals surface area contributed by atoms with Gasteiger partial charge in [0.15, 0.2) is 17.3 Å². The number of rotatable bonds is 2. The molecular weight excluding hydrogens is 274 g/mol. The molecule has 2 heterocycles. The first kappa shape index (κ1) is 13.3. The molecule has 1 aliphatic heterocycles. The molecule has 0 spiro atoms. The number of aromatic nitrogens is 1. The van der Waals surface area contributed by atoms with Crippen LogP contribution < -0.4 is 20.1 Å². The number of carbonyl (C=O) groups excluding carboxylic acids is 1. The number of nitrogens with one attached hydrogen (secondary N) is 2. The standard InChI is InChI=1S/C14H15N3O4/c1-9-7-13(17-21-9)16-14(18)15-10-3-4-11-12(8-10)20-6-2-5-19-11/h3-4,7-8H,2,5-6H2,1H3,(H2,15,16,17,18). The third kappa shape index (κ3) is 3.25. The van der Waals surface area contributed by atoms with Gasteiger partial charge >= 0.3 is 6.03 Å². The molecule has 21 heavy (non-hydrogen) atoms. The Bertz CT molecular complexity index is 653. The molecule has 7 nitrogen and oxygen atoms in total. The summed E-state index contributed by atoms with van der Waals surface area (Å²) in [5, 5.41) is 8.97. The number of nitrogens with zero attached hydrogens (tertiary/aromatic N) is 1. The maximum atomic E-state index is 11.9. The average molecular weight is 289 g/mol. The van der Waals surface area contributed by atoms with Gasteiger partial charge in [0, 0.05) is 24.2 Å². The van der Waals surface area contributed by atoms with Gasteiger partial charge in [0.2, 0.25) is 0 Å². The molecule has 0 bridgehead atoms. The van der Waals surface area contributed by atoms with Crippen LogP contribution in [0, 0.1) is 6.92 Å². The fourth-order valence-corrected chi connectivity index (χ4v) is 1.95. The lowest BCUT2D eigenvalue weighted by molar-refractivity contribution is 0.262. The largest absolute Gasteiger partial charge is 0.490 e. The number of urea groups is 1. The molecule has 0 fully saturated rings. The lowest BCUT2D eigenvalue weighted by Gasteiger charge is -2.10. The topological polar surface area (TPSA) is 85.6 Å². The highest BCUT2D eigenvalue weighted by Gasteiger charge is 2.12. The highest BCUT2D eigenvalue weighted by atomic mass is 16.5. The predicted octanol–water partition coefficient (Wildman–Crippen LogP) is 2.79. The van der Waals surface area contributed by atoms with Crippen LogP contribution in [-0.2, 0) is 0 Å². The molecule has 1 aromatic carbocycles. The van der Waals surface area contributed by atoms with Crippen LogP contribution in [0.1, 0.15) is 12.2 Å². The minimum absolute atomic E-state index is 0.361. The van der Waals surface area contributed by atoms with E-state index in [9.17, 15) is 4.79 Å². The minimum Gasteiger partial charge on any atom is -0.490 e. The molecule has 3 rings (SSSR count). The molecule has 7 heteroatoms. The van der Waals surface area contributed by atoms with Gasteiger partial charge in [-0.2, -0.15) is 0 Å². The third-order valence-electron chi connectivity index (χ3n) is 2.87. The van der Waals surface area contributed by atoms with Crippen LogP contribution in [0.4, 0.5) is 16.3 Å². The van der Waals surface area contributed by atoms with Crippen molar-refractivity contribution in [3.63, 3.8) is 0 Å². The highest BCUT2D eigenvalue weighted by molar-refractivity contribution is 5.99. The summed E-state index contributed by atoms with van der Waals surface area (Å²) >= 11 is 0. The average Bonchev–Trinajstić information content (AvgIpc) is 2.73. The fraction of sp³-hybridized carbons (Fsp3) is 0.286. The van der Waals surface area contributed by atoms with Crippen molar-refractivity contribution in [2.24, 2.45) is 0 Å². The molecule has 0 radical (unpaired) electrons. The second kappa shape index (κ2) is 5.74. The van der Waals surface area contributed by atoms with Gasteiger partial charge in [-0.1, -0.05) is 5.16 Å². The number of fused-ring (bicyclic) bond motifs is 1. The van der Waals surface area contributed by atoms with Crippen molar-refractivity contribution in [2.45, 2.75) is 13.3 Å². The van der Waals surface area contributed by atoms with Gasteiger partial charge in [-0.3, -0.25) is 5.32 Å². The SMILES string of the molecule is Cc1cc(NC(=O)Nc2ccc3c(c2)OCCCO3)no1. The number of carbonyl (C=O) groups is 1. The van der Waals surface area contributed by atoms with Crippen molar-refractivity contribution in [2.75, 3.05) is 23.8 Å². The van der Waals surface area contributed by atoms with E-state index in [0.29, 0.717) is 42.0 Å². The maximum Gasteiger partial charge on any atom is 0.324 e. The predicted molar refractivity (Wildman–Crippen MR) is 75.9 cm³/mol. The van der Waals surface area contributed by atoms with Gasteiger partial charge < -0.3 is 19.3 Å². The van der Waals surface area contributed by atoms with E-state index in [1.807, 2.05) is 0 Å². The van der Waals surface area contributed by atoms with E-state index in [4.69, 9.17) is 14.0 Å². The van der Waals surface area contributed by atoms with Crippen molar-refractivity contribution in [1.29, 1.82) is 0 Å². The molecule has 1 aromatic heterocycles. The maximum absolute atomic E-state index is 11.9. The van der Waals surface area contributed by atoms with Crippen LogP contribution in [0.15, 0.2) is 28.8 Å². The molecule has 0 atom stereocenters. The van der Waals surface area contributed by atoms with E-state index in [1.54, 1.807) is 31.2 Å². The zero-order valence-corrected chi connectivity index (χ0v) is 11.5. The summed E-state index contributed by atoms with van der Waals surface area (Å²) in [7, 11) is 0. The van der Waals surface area contributed by atoms with Crippen molar-refractivity contribution < 1.29 is 18.8 Å². The molecule has 110 valence electrons. The van der Waals surface area contributed by atoms with E-state index in [0.717, 1.165) is 6.42 Å². The summed E-state index contributed by atoms with van der Waals surface area (Å²) < 4.78 is 16.0. The summed E-state index contributed by atoms with van der Waals surface area (Å²) in [4.78, 5) is 11.9. The van der Waals surface area contributed by atoms with E-state index < -0.39 is 6.03 Å². The van der Waals surface area contributed by atoms with Gasteiger partial charge in [0.05, 0.1) is 13.2 Å². The Morgan fingerprint density at radius 2 is 1.95 bits per heavy atom. The van der Waals surface area contributed by atoms with Crippen molar-refractivity contribution in [1.82, 2.24) is 5.16 Å². The van der Waals surface area contributed by atoms with Gasteiger partial charge in [-0.15, -0.1) is 0 Å². The second-order valence-corrected chi connectivity index (χ2v) is 4.61. The second-order valence-electron chi connectivity index (χ2n) is 4.61. The Morgan fingerprint density at radius 3 is 2.71 bits per heavy atom. The first-order valence-electron chi connectivity index (χ1n) is 6.62.